The van der Waals surface area contributed by atoms with Gasteiger partial charge in [-0.2, -0.15) is 0 Å². The van der Waals surface area contributed by atoms with Gasteiger partial charge in [-0.25, -0.2) is 0 Å². The number of carbonyl (C=O) groups excluding carboxylic acids is 1. The van der Waals surface area contributed by atoms with Crippen molar-refractivity contribution in [2.45, 2.75) is 19.3 Å². The number of fused-ring (bicyclic) bond motifs is 2. The van der Waals surface area contributed by atoms with Crippen molar-refractivity contribution in [3.05, 3.63) is 34.9 Å². The fourth-order valence-corrected chi connectivity index (χ4v) is 3.96. The monoisotopic (exact) mass is 278 g/mol. The number of carboxylic acid groups (broad SMARTS) is 1. The zero-order chi connectivity index (χ0) is 13.6. The molecule has 2 fully saturated rings. The van der Waals surface area contributed by atoms with E-state index in [2.05, 4.69) is 0 Å². The molecule has 19 heavy (non-hydrogen) atoms. The van der Waals surface area contributed by atoms with Gasteiger partial charge in [0, 0.05) is 16.5 Å². The highest BCUT2D eigenvalue weighted by atomic mass is 35.5. The van der Waals surface area contributed by atoms with Gasteiger partial charge in [-0.3, -0.25) is 9.59 Å². The van der Waals surface area contributed by atoms with Crippen molar-refractivity contribution in [3.63, 3.8) is 0 Å². The average Bonchev–Trinajstić information content (AvgIpc) is 2.98. The fraction of sp³-hybridized carbons (Fsp3) is 0.467. The molecule has 1 N–H and O–H groups in total. The van der Waals surface area contributed by atoms with E-state index in [9.17, 15) is 14.7 Å². The lowest BCUT2D eigenvalue weighted by atomic mass is 9.75. The highest BCUT2D eigenvalue weighted by molar-refractivity contribution is 6.30. The summed E-state index contributed by atoms with van der Waals surface area (Å²) < 4.78 is 0. The molecule has 2 saturated carbocycles. The van der Waals surface area contributed by atoms with Crippen LogP contribution < -0.4 is 0 Å². The van der Waals surface area contributed by atoms with Gasteiger partial charge >= 0.3 is 5.97 Å². The van der Waals surface area contributed by atoms with Crippen LogP contribution in [0.3, 0.4) is 0 Å². The molecule has 0 aliphatic heterocycles. The van der Waals surface area contributed by atoms with Gasteiger partial charge in [-0.15, -0.1) is 0 Å². The standard InChI is InChI=1S/C15H15ClO3/c16-11-5-3-8(4-6-11)14(17)12-9-1-2-10(7-9)13(12)15(18)19/h3-6,9-10,12-13H,1-2,7H2,(H,18,19)/t9-,10+,12-,13+/m1/s1. The lowest BCUT2D eigenvalue weighted by Crippen LogP contribution is -2.34. The van der Waals surface area contributed by atoms with Gasteiger partial charge in [0.2, 0.25) is 0 Å². The molecule has 2 bridgehead atoms. The Morgan fingerprint density at radius 3 is 2.21 bits per heavy atom. The first-order valence-corrected chi connectivity index (χ1v) is 6.98. The molecular weight excluding hydrogens is 264 g/mol. The molecule has 1 aromatic rings. The molecule has 3 rings (SSSR count). The molecule has 1 aromatic carbocycles. The van der Waals surface area contributed by atoms with E-state index in [1.54, 1.807) is 24.3 Å². The van der Waals surface area contributed by atoms with E-state index >= 15 is 0 Å². The van der Waals surface area contributed by atoms with Crippen molar-refractivity contribution in [2.75, 3.05) is 0 Å². The number of carboxylic acids is 1. The van der Waals surface area contributed by atoms with Crippen LogP contribution in [0.5, 0.6) is 0 Å². The topological polar surface area (TPSA) is 54.4 Å². The molecule has 0 amide bonds. The normalized spacial score (nSPS) is 32.5. The summed E-state index contributed by atoms with van der Waals surface area (Å²) in [5, 5.41) is 9.95. The first kappa shape index (κ1) is 12.7. The molecule has 0 unspecified atom stereocenters. The quantitative estimate of drug-likeness (QED) is 0.864. The number of halogens is 1. The third-order valence-corrected chi connectivity index (χ3v) is 4.88. The number of carbonyl (C=O) groups is 2. The maximum atomic E-state index is 12.6. The molecule has 0 aromatic heterocycles. The summed E-state index contributed by atoms with van der Waals surface area (Å²) in [6.07, 6.45) is 2.82. The van der Waals surface area contributed by atoms with Gasteiger partial charge in [0.25, 0.3) is 0 Å². The van der Waals surface area contributed by atoms with Gasteiger partial charge in [0.15, 0.2) is 5.78 Å². The van der Waals surface area contributed by atoms with Crippen molar-refractivity contribution in [1.29, 1.82) is 0 Å². The van der Waals surface area contributed by atoms with Crippen LogP contribution in [-0.4, -0.2) is 16.9 Å². The van der Waals surface area contributed by atoms with Crippen LogP contribution in [0.2, 0.25) is 5.02 Å². The van der Waals surface area contributed by atoms with E-state index in [1.807, 2.05) is 0 Å². The summed E-state index contributed by atoms with van der Waals surface area (Å²) in [5.74, 6) is -1.27. The van der Waals surface area contributed by atoms with Crippen molar-refractivity contribution in [1.82, 2.24) is 0 Å². The van der Waals surface area contributed by atoms with Crippen LogP contribution in [0, 0.1) is 23.7 Å². The van der Waals surface area contributed by atoms with Crippen LogP contribution >= 0.6 is 11.6 Å². The van der Waals surface area contributed by atoms with Crippen LogP contribution in [-0.2, 0) is 4.79 Å². The Labute approximate surface area is 116 Å². The Balaban J connectivity index is 1.90. The lowest BCUT2D eigenvalue weighted by Gasteiger charge is -2.26. The van der Waals surface area contributed by atoms with Crippen molar-refractivity contribution < 1.29 is 14.7 Å². The van der Waals surface area contributed by atoms with Gasteiger partial charge in [-0.1, -0.05) is 11.6 Å². The molecule has 0 radical (unpaired) electrons. The summed E-state index contributed by atoms with van der Waals surface area (Å²) in [6, 6.07) is 6.74. The minimum Gasteiger partial charge on any atom is -0.481 e. The first-order chi connectivity index (χ1) is 9.08. The number of aliphatic carboxylic acids is 1. The number of hydrogen-bond acceptors (Lipinski definition) is 2. The first-order valence-electron chi connectivity index (χ1n) is 6.60. The minimum absolute atomic E-state index is 0.0312. The zero-order valence-electron chi connectivity index (χ0n) is 10.4. The van der Waals surface area contributed by atoms with Gasteiger partial charge in [-0.05, 0) is 55.4 Å². The molecule has 4 atom stereocenters. The van der Waals surface area contributed by atoms with E-state index in [1.165, 1.54) is 0 Å². The summed E-state index contributed by atoms with van der Waals surface area (Å²) in [6.45, 7) is 0. The third kappa shape index (κ3) is 2.06. The van der Waals surface area contributed by atoms with Crippen molar-refractivity contribution >= 4 is 23.4 Å². The second-order valence-electron chi connectivity index (χ2n) is 5.59. The second-order valence-corrected chi connectivity index (χ2v) is 6.03. The summed E-state index contributed by atoms with van der Waals surface area (Å²) in [7, 11) is 0. The molecule has 2 aliphatic carbocycles. The number of rotatable bonds is 3. The van der Waals surface area contributed by atoms with Gasteiger partial charge in [0.1, 0.15) is 0 Å². The zero-order valence-corrected chi connectivity index (χ0v) is 11.1. The maximum absolute atomic E-state index is 12.6. The molecule has 100 valence electrons. The van der Waals surface area contributed by atoms with Crippen LogP contribution in [0.1, 0.15) is 29.6 Å². The maximum Gasteiger partial charge on any atom is 0.307 e. The highest BCUT2D eigenvalue weighted by Gasteiger charge is 2.53. The van der Waals surface area contributed by atoms with Crippen molar-refractivity contribution in [2.24, 2.45) is 23.7 Å². The number of Topliss-reactive ketones (excluding diaryl/α,β-unsaturated/α-hetero) is 1. The van der Waals surface area contributed by atoms with Crippen LogP contribution in [0.4, 0.5) is 0 Å². The Morgan fingerprint density at radius 1 is 1.05 bits per heavy atom. The summed E-state index contributed by atoms with van der Waals surface area (Å²) >= 11 is 5.81. The highest BCUT2D eigenvalue weighted by Crippen LogP contribution is 2.53. The van der Waals surface area contributed by atoms with E-state index in [0.29, 0.717) is 10.6 Å². The lowest BCUT2D eigenvalue weighted by molar-refractivity contribution is -0.144. The SMILES string of the molecule is O=C(c1ccc(Cl)cc1)[C@@H]1[C@@H]2CC[C@@H](C2)[C@@H]1C(=O)O. The Kier molecular flexibility index (Phi) is 3.09. The largest absolute Gasteiger partial charge is 0.481 e. The Morgan fingerprint density at radius 2 is 1.63 bits per heavy atom. The fourth-order valence-electron chi connectivity index (χ4n) is 3.83. The molecule has 4 heteroatoms. The second kappa shape index (κ2) is 4.64. The predicted octanol–water partition coefficient (Wildman–Crippen LogP) is 3.27. The molecular formula is C15H15ClO3. The molecule has 0 heterocycles. The Hall–Kier alpha value is -1.35. The summed E-state index contributed by atoms with van der Waals surface area (Å²) in [4.78, 5) is 24.0. The van der Waals surface area contributed by atoms with E-state index in [0.717, 1.165) is 19.3 Å². The molecule has 0 spiro atoms. The summed E-state index contributed by atoms with van der Waals surface area (Å²) in [5.41, 5.74) is 0.577. The molecule has 2 aliphatic rings. The number of hydrogen-bond donors (Lipinski definition) is 1. The smallest absolute Gasteiger partial charge is 0.307 e. The van der Waals surface area contributed by atoms with E-state index < -0.39 is 11.9 Å². The third-order valence-electron chi connectivity index (χ3n) is 4.63. The molecule has 0 saturated heterocycles. The average molecular weight is 279 g/mol. The number of benzene rings is 1. The number of ketones is 1. The molecule has 3 nitrogen and oxygen atoms in total. The minimum atomic E-state index is -0.820. The predicted molar refractivity (Wildman–Crippen MR) is 71.2 cm³/mol. The van der Waals surface area contributed by atoms with Crippen molar-refractivity contribution in [3.8, 4) is 0 Å². The van der Waals surface area contributed by atoms with Gasteiger partial charge in [0.05, 0.1) is 5.92 Å². The van der Waals surface area contributed by atoms with Crippen LogP contribution in [0.15, 0.2) is 24.3 Å². The Bertz CT molecular complexity index is 523. The van der Waals surface area contributed by atoms with E-state index in [4.69, 9.17) is 11.6 Å². The van der Waals surface area contributed by atoms with Crippen LogP contribution in [0.25, 0.3) is 0 Å². The van der Waals surface area contributed by atoms with E-state index in [-0.39, 0.29) is 23.5 Å². The van der Waals surface area contributed by atoms with Gasteiger partial charge < -0.3 is 5.11 Å².